The monoisotopic (exact) mass is 332 g/mol. The van der Waals surface area contributed by atoms with Crippen LogP contribution in [0.4, 0.5) is 0 Å². The third-order valence-corrected chi connectivity index (χ3v) is 3.39. The maximum atomic E-state index is 5.37. The Morgan fingerprint density at radius 3 is 2.60 bits per heavy atom. The van der Waals surface area contributed by atoms with E-state index in [9.17, 15) is 0 Å². The van der Waals surface area contributed by atoms with Crippen LogP contribution in [0.2, 0.25) is 0 Å². The van der Waals surface area contributed by atoms with E-state index in [0.29, 0.717) is 6.61 Å². The lowest BCUT2D eigenvalue weighted by atomic mass is 10.2. The fraction of sp³-hybridized carbons (Fsp3) is 0.200. The second-order valence-electron chi connectivity index (χ2n) is 2.83. The maximum absolute atomic E-state index is 5.37. The highest BCUT2D eigenvalue weighted by Gasteiger charge is 2.04. The highest BCUT2D eigenvalue weighted by Crippen LogP contribution is 2.24. The van der Waals surface area contributed by atoms with Gasteiger partial charge in [0.05, 0.1) is 6.61 Å². The third kappa shape index (κ3) is 2.66. The average Bonchev–Trinajstić information content (AvgIpc) is 2.67. The van der Waals surface area contributed by atoms with E-state index in [2.05, 4.69) is 31.9 Å². The summed E-state index contributed by atoms with van der Waals surface area (Å²) in [6, 6.07) is 7.91. The van der Waals surface area contributed by atoms with E-state index < -0.39 is 0 Å². The van der Waals surface area contributed by atoms with Crippen LogP contribution >= 0.6 is 34.1 Å². The van der Waals surface area contributed by atoms with Gasteiger partial charge < -0.3 is 4.74 Å². The number of rotatable bonds is 3. The van der Waals surface area contributed by atoms with Gasteiger partial charge in [-0.2, -0.15) is 4.37 Å². The van der Waals surface area contributed by atoms with Crippen LogP contribution in [0, 0.1) is 3.83 Å². The second kappa shape index (κ2) is 4.89. The fourth-order valence-electron chi connectivity index (χ4n) is 1.18. The van der Waals surface area contributed by atoms with Crippen LogP contribution in [-0.4, -0.2) is 16.0 Å². The van der Waals surface area contributed by atoms with E-state index in [-0.39, 0.29) is 0 Å². The molecule has 5 heteroatoms. The Kier molecular flexibility index (Phi) is 3.53. The molecule has 0 aliphatic rings. The summed E-state index contributed by atoms with van der Waals surface area (Å²) in [5.41, 5.74) is 1.08. The number of halogens is 1. The molecule has 0 fully saturated rings. The van der Waals surface area contributed by atoms with Crippen molar-refractivity contribution in [2.45, 2.75) is 6.92 Å². The van der Waals surface area contributed by atoms with Crippen LogP contribution in [0.25, 0.3) is 10.6 Å². The Morgan fingerprint density at radius 1 is 1.33 bits per heavy atom. The molecule has 2 rings (SSSR count). The van der Waals surface area contributed by atoms with E-state index in [1.807, 2.05) is 31.2 Å². The molecule has 1 heterocycles. The largest absolute Gasteiger partial charge is 0.494 e. The molecule has 0 radical (unpaired) electrons. The zero-order valence-electron chi connectivity index (χ0n) is 8.11. The Bertz CT molecular complexity index is 441. The number of aromatic nitrogens is 2. The molecule has 1 aromatic carbocycles. The predicted octanol–water partition coefficient (Wildman–Crippen LogP) is 3.21. The van der Waals surface area contributed by atoms with Crippen LogP contribution in [-0.2, 0) is 0 Å². The van der Waals surface area contributed by atoms with Crippen molar-refractivity contribution in [1.82, 2.24) is 9.36 Å². The summed E-state index contributed by atoms with van der Waals surface area (Å²) >= 11 is 3.52. The van der Waals surface area contributed by atoms with Crippen LogP contribution in [0.15, 0.2) is 24.3 Å². The van der Waals surface area contributed by atoms with Gasteiger partial charge in [-0.05, 0) is 42.7 Å². The van der Waals surface area contributed by atoms with Gasteiger partial charge in [-0.3, -0.25) is 0 Å². The molecule has 0 atom stereocenters. The van der Waals surface area contributed by atoms with Crippen molar-refractivity contribution in [3.05, 3.63) is 28.1 Å². The quantitative estimate of drug-likeness (QED) is 0.810. The summed E-state index contributed by atoms with van der Waals surface area (Å²) in [7, 11) is 0. The highest BCUT2D eigenvalue weighted by molar-refractivity contribution is 14.1. The molecular formula is C10H9IN2OS. The van der Waals surface area contributed by atoms with Gasteiger partial charge in [0.25, 0.3) is 0 Å². The Hall–Kier alpha value is -0.690. The highest BCUT2D eigenvalue weighted by atomic mass is 127. The molecular weight excluding hydrogens is 323 g/mol. The van der Waals surface area contributed by atoms with Gasteiger partial charge in [-0.25, -0.2) is 4.98 Å². The van der Waals surface area contributed by atoms with E-state index in [1.54, 1.807) is 0 Å². The first-order valence-corrected chi connectivity index (χ1v) is 6.37. The minimum Gasteiger partial charge on any atom is -0.494 e. The molecule has 1 aromatic heterocycles. The molecule has 15 heavy (non-hydrogen) atoms. The van der Waals surface area contributed by atoms with Crippen LogP contribution in [0.1, 0.15) is 6.92 Å². The molecule has 0 saturated heterocycles. The molecule has 2 aromatic rings. The van der Waals surface area contributed by atoms with Gasteiger partial charge >= 0.3 is 0 Å². The minimum absolute atomic E-state index is 0.691. The Labute approximate surface area is 106 Å². The molecule has 0 unspecified atom stereocenters. The first-order chi connectivity index (χ1) is 7.29. The van der Waals surface area contributed by atoms with Crippen molar-refractivity contribution in [2.75, 3.05) is 6.61 Å². The molecule has 0 saturated carbocycles. The lowest BCUT2D eigenvalue weighted by Gasteiger charge is -2.02. The van der Waals surface area contributed by atoms with Crippen molar-refractivity contribution in [2.24, 2.45) is 0 Å². The molecule has 0 aliphatic carbocycles. The molecule has 0 spiro atoms. The van der Waals surface area contributed by atoms with Crippen molar-refractivity contribution < 1.29 is 4.74 Å². The summed E-state index contributed by atoms with van der Waals surface area (Å²) < 4.78 is 10.3. The van der Waals surface area contributed by atoms with Crippen molar-refractivity contribution >= 4 is 34.1 Å². The van der Waals surface area contributed by atoms with Gasteiger partial charge in [0.15, 0.2) is 0 Å². The summed E-state index contributed by atoms with van der Waals surface area (Å²) in [5, 5.41) is 0.947. The van der Waals surface area contributed by atoms with E-state index in [0.717, 1.165) is 20.2 Å². The number of hydrogen-bond donors (Lipinski definition) is 0. The van der Waals surface area contributed by atoms with Crippen LogP contribution in [0.5, 0.6) is 5.75 Å². The van der Waals surface area contributed by atoms with E-state index >= 15 is 0 Å². The van der Waals surface area contributed by atoms with Crippen LogP contribution < -0.4 is 4.74 Å². The zero-order valence-corrected chi connectivity index (χ0v) is 11.1. The predicted molar refractivity (Wildman–Crippen MR) is 69.2 cm³/mol. The normalized spacial score (nSPS) is 10.3. The van der Waals surface area contributed by atoms with Gasteiger partial charge in [0.2, 0.25) is 3.83 Å². The standard InChI is InChI=1S/C10H9IN2OS/c1-2-14-8-5-3-7(4-6-8)9-12-10(11)13-15-9/h3-6H,2H2,1H3. The molecule has 3 nitrogen and oxygen atoms in total. The number of hydrogen-bond acceptors (Lipinski definition) is 4. The minimum atomic E-state index is 0.691. The molecule has 0 amide bonds. The third-order valence-electron chi connectivity index (χ3n) is 1.81. The summed E-state index contributed by atoms with van der Waals surface area (Å²) in [6.45, 7) is 2.66. The number of nitrogens with zero attached hydrogens (tertiary/aromatic N) is 2. The summed E-state index contributed by atoms with van der Waals surface area (Å²) in [5.74, 6) is 0.889. The zero-order chi connectivity index (χ0) is 10.7. The van der Waals surface area contributed by atoms with E-state index in [4.69, 9.17) is 4.74 Å². The second-order valence-corrected chi connectivity index (χ2v) is 4.54. The first kappa shape index (κ1) is 10.8. The Morgan fingerprint density at radius 2 is 2.07 bits per heavy atom. The maximum Gasteiger partial charge on any atom is 0.203 e. The number of ether oxygens (including phenoxy) is 1. The first-order valence-electron chi connectivity index (χ1n) is 4.52. The van der Waals surface area contributed by atoms with Crippen LogP contribution in [0.3, 0.4) is 0 Å². The topological polar surface area (TPSA) is 35.0 Å². The van der Waals surface area contributed by atoms with Crippen molar-refractivity contribution in [1.29, 1.82) is 0 Å². The molecule has 0 aliphatic heterocycles. The van der Waals surface area contributed by atoms with Gasteiger partial charge in [-0.1, -0.05) is 0 Å². The van der Waals surface area contributed by atoms with E-state index in [1.165, 1.54) is 11.5 Å². The SMILES string of the molecule is CCOc1ccc(-c2nc(I)ns2)cc1. The average molecular weight is 332 g/mol. The molecule has 0 N–H and O–H groups in total. The molecule has 78 valence electrons. The number of benzene rings is 1. The smallest absolute Gasteiger partial charge is 0.203 e. The van der Waals surface area contributed by atoms with Gasteiger partial charge in [-0.15, -0.1) is 0 Å². The van der Waals surface area contributed by atoms with Crippen molar-refractivity contribution in [3.8, 4) is 16.3 Å². The lowest BCUT2D eigenvalue weighted by molar-refractivity contribution is 0.340. The Balaban J connectivity index is 2.23. The summed E-state index contributed by atoms with van der Waals surface area (Å²) in [4.78, 5) is 4.31. The van der Waals surface area contributed by atoms with Gasteiger partial charge in [0, 0.05) is 28.2 Å². The summed E-state index contributed by atoms with van der Waals surface area (Å²) in [6.07, 6.45) is 0. The fourth-order valence-corrected chi connectivity index (χ4v) is 2.45. The van der Waals surface area contributed by atoms with Gasteiger partial charge in [0.1, 0.15) is 10.8 Å². The van der Waals surface area contributed by atoms with Crippen molar-refractivity contribution in [3.63, 3.8) is 0 Å². The molecule has 0 bridgehead atoms. The lowest BCUT2D eigenvalue weighted by Crippen LogP contribution is -1.90.